The van der Waals surface area contributed by atoms with Crippen molar-refractivity contribution in [1.29, 1.82) is 0 Å². The predicted molar refractivity (Wildman–Crippen MR) is 123 cm³/mol. The van der Waals surface area contributed by atoms with Crippen molar-refractivity contribution < 1.29 is 18.0 Å². The number of carbonyl (C=O) groups excluding carboxylic acids is 2. The van der Waals surface area contributed by atoms with E-state index in [0.29, 0.717) is 48.7 Å². The first-order chi connectivity index (χ1) is 15.3. The van der Waals surface area contributed by atoms with E-state index in [4.69, 9.17) is 11.6 Å². The Labute approximate surface area is 193 Å². The second kappa shape index (κ2) is 9.21. The predicted octanol–water partition coefficient (Wildman–Crippen LogP) is 3.31. The monoisotopic (exact) mass is 475 g/mol. The Bertz CT molecular complexity index is 1130. The van der Waals surface area contributed by atoms with E-state index < -0.39 is 10.0 Å². The van der Waals surface area contributed by atoms with Gasteiger partial charge in [-0.25, -0.2) is 8.42 Å². The molecule has 0 N–H and O–H groups in total. The van der Waals surface area contributed by atoms with Gasteiger partial charge in [-0.3, -0.25) is 9.59 Å². The minimum absolute atomic E-state index is 0.0208. The summed E-state index contributed by atoms with van der Waals surface area (Å²) in [6.45, 7) is 3.74. The Hall–Kier alpha value is -2.42. The van der Waals surface area contributed by atoms with Gasteiger partial charge in [-0.15, -0.1) is 0 Å². The zero-order valence-corrected chi connectivity index (χ0v) is 19.5. The van der Waals surface area contributed by atoms with Gasteiger partial charge < -0.3 is 9.80 Å². The maximum atomic E-state index is 13.4. The van der Waals surface area contributed by atoms with Gasteiger partial charge in [0.05, 0.1) is 16.1 Å². The minimum Gasteiger partial charge on any atom is -0.337 e. The SMILES string of the molecule is Cc1ccc(S(=O)(=O)N2CCCN(C(=O)c3ccc(Cl)cc3N3CCCC3=O)CC2)cc1. The summed E-state index contributed by atoms with van der Waals surface area (Å²) in [5, 5.41) is 0.461. The minimum atomic E-state index is -3.63. The van der Waals surface area contributed by atoms with E-state index in [0.717, 1.165) is 12.0 Å². The molecule has 2 aliphatic rings. The number of halogens is 1. The highest BCUT2D eigenvalue weighted by Gasteiger charge is 2.31. The number of carbonyl (C=O) groups is 2. The molecule has 170 valence electrons. The van der Waals surface area contributed by atoms with E-state index >= 15 is 0 Å². The van der Waals surface area contributed by atoms with Gasteiger partial charge in [0.25, 0.3) is 5.91 Å². The van der Waals surface area contributed by atoms with Crippen LogP contribution in [-0.2, 0) is 14.8 Å². The highest BCUT2D eigenvalue weighted by atomic mass is 35.5. The Kier molecular flexibility index (Phi) is 6.55. The lowest BCUT2D eigenvalue weighted by Gasteiger charge is -2.25. The fourth-order valence-corrected chi connectivity index (χ4v) is 5.81. The summed E-state index contributed by atoms with van der Waals surface area (Å²) >= 11 is 6.16. The lowest BCUT2D eigenvalue weighted by Crippen LogP contribution is -2.38. The Morgan fingerprint density at radius 1 is 0.938 bits per heavy atom. The molecule has 0 aliphatic carbocycles. The van der Waals surface area contributed by atoms with Crippen molar-refractivity contribution >= 4 is 39.1 Å². The third-order valence-electron chi connectivity index (χ3n) is 5.96. The smallest absolute Gasteiger partial charge is 0.256 e. The van der Waals surface area contributed by atoms with Crippen LogP contribution in [0.2, 0.25) is 5.02 Å². The molecule has 0 atom stereocenters. The van der Waals surface area contributed by atoms with Crippen molar-refractivity contribution in [1.82, 2.24) is 9.21 Å². The van der Waals surface area contributed by atoms with Gasteiger partial charge in [0, 0.05) is 44.2 Å². The Morgan fingerprint density at radius 2 is 1.69 bits per heavy atom. The zero-order chi connectivity index (χ0) is 22.9. The van der Waals surface area contributed by atoms with E-state index in [2.05, 4.69) is 0 Å². The first-order valence-electron chi connectivity index (χ1n) is 10.7. The van der Waals surface area contributed by atoms with E-state index in [1.807, 2.05) is 6.92 Å². The molecule has 2 amide bonds. The molecular weight excluding hydrogens is 450 g/mol. The average Bonchev–Trinajstić information content (AvgIpc) is 3.04. The molecule has 9 heteroatoms. The van der Waals surface area contributed by atoms with Crippen molar-refractivity contribution in [3.05, 3.63) is 58.6 Å². The van der Waals surface area contributed by atoms with Crippen LogP contribution in [0.15, 0.2) is 47.4 Å². The standard InChI is InChI=1S/C23H26ClN3O4S/c1-17-5-8-19(9-6-17)32(30,31)26-12-3-11-25(14-15-26)23(29)20-10-7-18(24)16-21(20)27-13-2-4-22(27)28/h5-10,16H,2-4,11-15H2,1H3. The molecule has 2 fully saturated rings. The molecular formula is C23H26ClN3O4S. The lowest BCUT2D eigenvalue weighted by molar-refractivity contribution is -0.117. The van der Waals surface area contributed by atoms with Gasteiger partial charge in [0.2, 0.25) is 15.9 Å². The van der Waals surface area contributed by atoms with Crippen molar-refractivity contribution in [2.24, 2.45) is 0 Å². The summed E-state index contributed by atoms with van der Waals surface area (Å²) in [6.07, 6.45) is 1.73. The number of anilines is 1. The van der Waals surface area contributed by atoms with Crippen molar-refractivity contribution in [3.63, 3.8) is 0 Å². The summed E-state index contributed by atoms with van der Waals surface area (Å²) in [5.74, 6) is -0.238. The number of rotatable bonds is 4. The molecule has 2 saturated heterocycles. The first-order valence-corrected chi connectivity index (χ1v) is 12.6. The number of benzene rings is 2. The van der Waals surface area contributed by atoms with Crippen molar-refractivity contribution in [2.75, 3.05) is 37.6 Å². The molecule has 0 radical (unpaired) electrons. The number of amides is 2. The molecule has 0 bridgehead atoms. The lowest BCUT2D eigenvalue weighted by atomic mass is 10.1. The molecule has 0 aromatic heterocycles. The summed E-state index contributed by atoms with van der Waals surface area (Å²) in [6, 6.07) is 11.7. The van der Waals surface area contributed by atoms with Gasteiger partial charge in [-0.2, -0.15) is 4.31 Å². The van der Waals surface area contributed by atoms with E-state index in [9.17, 15) is 18.0 Å². The fraction of sp³-hybridized carbons (Fsp3) is 0.391. The molecule has 2 aromatic carbocycles. The summed E-state index contributed by atoms with van der Waals surface area (Å²) in [4.78, 5) is 29.2. The maximum Gasteiger partial charge on any atom is 0.256 e. The molecule has 32 heavy (non-hydrogen) atoms. The normalized spacial score (nSPS) is 18.1. The highest BCUT2D eigenvalue weighted by molar-refractivity contribution is 7.89. The average molecular weight is 476 g/mol. The van der Waals surface area contributed by atoms with Crippen LogP contribution in [0.25, 0.3) is 0 Å². The topological polar surface area (TPSA) is 78.0 Å². The van der Waals surface area contributed by atoms with Gasteiger partial charge in [0.1, 0.15) is 0 Å². The van der Waals surface area contributed by atoms with Crippen LogP contribution in [0.4, 0.5) is 5.69 Å². The van der Waals surface area contributed by atoms with Crippen molar-refractivity contribution in [2.45, 2.75) is 31.1 Å². The van der Waals surface area contributed by atoms with Gasteiger partial charge in [-0.1, -0.05) is 29.3 Å². The number of nitrogens with zero attached hydrogens (tertiary/aromatic N) is 3. The second-order valence-corrected chi connectivity index (χ2v) is 10.5. The van der Waals surface area contributed by atoms with E-state index in [1.165, 1.54) is 4.31 Å². The molecule has 0 unspecified atom stereocenters. The van der Waals surface area contributed by atoms with Crippen molar-refractivity contribution in [3.8, 4) is 0 Å². The number of hydrogen-bond acceptors (Lipinski definition) is 4. The van der Waals surface area contributed by atoms with Crippen LogP contribution < -0.4 is 4.90 Å². The van der Waals surface area contributed by atoms with Crippen LogP contribution in [0.5, 0.6) is 0 Å². The summed E-state index contributed by atoms with van der Waals surface area (Å²) < 4.78 is 27.6. The van der Waals surface area contributed by atoms with E-state index in [-0.39, 0.29) is 29.8 Å². The molecule has 2 aliphatic heterocycles. The van der Waals surface area contributed by atoms with Crippen LogP contribution in [-0.4, -0.2) is 62.2 Å². The molecule has 0 spiro atoms. The summed E-state index contributed by atoms with van der Waals surface area (Å²) in [7, 11) is -3.63. The second-order valence-electron chi connectivity index (χ2n) is 8.17. The number of aryl methyl sites for hydroxylation is 1. The van der Waals surface area contributed by atoms with Gasteiger partial charge in [-0.05, 0) is 50.1 Å². The molecule has 7 nitrogen and oxygen atoms in total. The van der Waals surface area contributed by atoms with E-state index in [1.54, 1.807) is 52.3 Å². The molecule has 4 rings (SSSR count). The zero-order valence-electron chi connectivity index (χ0n) is 18.0. The largest absolute Gasteiger partial charge is 0.337 e. The van der Waals surface area contributed by atoms with Crippen LogP contribution in [0, 0.1) is 6.92 Å². The van der Waals surface area contributed by atoms with Crippen LogP contribution >= 0.6 is 11.6 Å². The number of hydrogen-bond donors (Lipinski definition) is 0. The first kappa shape index (κ1) is 22.8. The maximum absolute atomic E-state index is 13.4. The third-order valence-corrected chi connectivity index (χ3v) is 8.10. The third kappa shape index (κ3) is 4.53. The number of sulfonamides is 1. The van der Waals surface area contributed by atoms with Gasteiger partial charge in [0.15, 0.2) is 0 Å². The van der Waals surface area contributed by atoms with Gasteiger partial charge >= 0.3 is 0 Å². The quantitative estimate of drug-likeness (QED) is 0.679. The van der Waals surface area contributed by atoms with Crippen LogP contribution in [0.3, 0.4) is 0 Å². The summed E-state index contributed by atoms with van der Waals surface area (Å²) in [5.41, 5.74) is 1.93. The Balaban J connectivity index is 1.54. The Morgan fingerprint density at radius 3 is 2.38 bits per heavy atom. The molecule has 2 heterocycles. The molecule has 2 aromatic rings. The van der Waals surface area contributed by atoms with Crippen LogP contribution in [0.1, 0.15) is 35.2 Å². The molecule has 0 saturated carbocycles. The fourth-order valence-electron chi connectivity index (χ4n) is 4.18. The highest BCUT2D eigenvalue weighted by Crippen LogP contribution is 2.30.